The summed E-state index contributed by atoms with van der Waals surface area (Å²) in [6.07, 6.45) is 0. The van der Waals surface area contributed by atoms with E-state index in [0.29, 0.717) is 10.8 Å². The predicted molar refractivity (Wildman–Crippen MR) is 163 cm³/mol. The summed E-state index contributed by atoms with van der Waals surface area (Å²) < 4.78 is 35.5. The summed E-state index contributed by atoms with van der Waals surface area (Å²) in [6, 6.07) is 44.5. The van der Waals surface area contributed by atoms with Crippen LogP contribution in [0.5, 0.6) is 0 Å². The third kappa shape index (κ3) is 3.88. The molecule has 0 nitrogen and oxygen atoms in total. The van der Waals surface area contributed by atoms with Crippen molar-refractivity contribution in [1.29, 1.82) is 0 Å². The van der Waals surface area contributed by atoms with E-state index in [-0.39, 0.29) is 24.2 Å². The van der Waals surface area contributed by atoms with Gasteiger partial charge in [-0.1, -0.05) is 152 Å². The average molecular weight is 487 g/mol. The molecular weight excluding hydrogens is 456 g/mol. The maximum atomic E-state index is 9.12. The number of hydrogen-bond donors (Lipinski definition) is 0. The van der Waals surface area contributed by atoms with E-state index < -0.39 is 0 Å². The summed E-state index contributed by atoms with van der Waals surface area (Å²) in [6.45, 7) is 0. The van der Waals surface area contributed by atoms with Gasteiger partial charge in [-0.3, -0.25) is 0 Å². The first-order chi connectivity index (χ1) is 20.5. The maximum absolute atomic E-state index is 9.12. The van der Waals surface area contributed by atoms with Crippen LogP contribution in [0.15, 0.2) is 158 Å². The average Bonchev–Trinajstić information content (AvgIpc) is 3.06. The normalized spacial score (nSPS) is 12.6. The summed E-state index contributed by atoms with van der Waals surface area (Å²) in [5.41, 5.74) is 7.79. The van der Waals surface area contributed by atoms with Crippen LogP contribution >= 0.6 is 0 Å². The van der Waals surface area contributed by atoms with Crippen LogP contribution in [0.1, 0.15) is 5.48 Å². The van der Waals surface area contributed by atoms with Gasteiger partial charge in [0.05, 0.1) is 5.48 Å². The Morgan fingerprint density at radius 3 is 1.34 bits per heavy atom. The van der Waals surface area contributed by atoms with E-state index >= 15 is 0 Å². The highest BCUT2D eigenvalue weighted by molar-refractivity contribution is 6.21. The largest absolute Gasteiger partial charge is 0.0629 e. The first-order valence-corrected chi connectivity index (χ1v) is 12.8. The van der Waals surface area contributed by atoms with Crippen LogP contribution in [0.25, 0.3) is 66.1 Å². The Morgan fingerprint density at radius 2 is 0.737 bits per heavy atom. The molecule has 0 amide bonds. The smallest absolute Gasteiger partial charge is 0.0622 e. The molecule has 0 aromatic heterocycles. The standard InChI is InChI=1S/C38H26/c1-3-12-27(13-4-1)29-22-24-30(25-23-29)37-33-18-7-9-20-35(33)38(36-21-10-8-19-34(36)37)32-17-11-16-31(26-32)28-14-5-2-6-15-28/h1-26H/i7D,9D,18D,20D. The number of rotatable bonds is 4. The summed E-state index contributed by atoms with van der Waals surface area (Å²) in [4.78, 5) is 0. The minimum absolute atomic E-state index is 0.0284. The van der Waals surface area contributed by atoms with Crippen LogP contribution in [-0.2, 0) is 0 Å². The minimum Gasteiger partial charge on any atom is -0.0622 e. The lowest BCUT2D eigenvalue weighted by Gasteiger charge is -2.18. The summed E-state index contributed by atoms with van der Waals surface area (Å²) in [5.74, 6) is 0. The molecule has 0 fully saturated rings. The Kier molecular flexibility index (Phi) is 4.58. The fourth-order valence-electron chi connectivity index (χ4n) is 5.42. The van der Waals surface area contributed by atoms with Crippen LogP contribution in [-0.4, -0.2) is 0 Å². The van der Waals surface area contributed by atoms with E-state index in [4.69, 9.17) is 5.48 Å². The van der Waals surface area contributed by atoms with Crippen LogP contribution in [0.3, 0.4) is 0 Å². The quantitative estimate of drug-likeness (QED) is 0.217. The molecule has 7 aromatic carbocycles. The second kappa shape index (κ2) is 9.50. The van der Waals surface area contributed by atoms with Crippen LogP contribution in [0, 0.1) is 0 Å². The molecule has 178 valence electrons. The van der Waals surface area contributed by atoms with Gasteiger partial charge in [0.15, 0.2) is 0 Å². The van der Waals surface area contributed by atoms with Gasteiger partial charge in [-0.05, 0) is 72.1 Å². The van der Waals surface area contributed by atoms with E-state index in [2.05, 4.69) is 72.8 Å². The highest BCUT2D eigenvalue weighted by atomic mass is 14.2. The summed E-state index contributed by atoms with van der Waals surface area (Å²) in [7, 11) is 0. The van der Waals surface area contributed by atoms with Gasteiger partial charge in [-0.15, -0.1) is 0 Å². The zero-order valence-electron chi connectivity index (χ0n) is 24.7. The maximum Gasteiger partial charge on any atom is 0.0629 e. The van der Waals surface area contributed by atoms with Gasteiger partial charge in [0.25, 0.3) is 0 Å². The van der Waals surface area contributed by atoms with Gasteiger partial charge < -0.3 is 0 Å². The lowest BCUT2D eigenvalue weighted by Crippen LogP contribution is -1.91. The second-order valence-corrected chi connectivity index (χ2v) is 9.44. The van der Waals surface area contributed by atoms with Gasteiger partial charge in [-0.25, -0.2) is 0 Å². The van der Waals surface area contributed by atoms with Crippen molar-refractivity contribution in [3.63, 3.8) is 0 Å². The number of fused-ring (bicyclic) bond motifs is 2. The van der Waals surface area contributed by atoms with Crippen LogP contribution in [0.2, 0.25) is 0 Å². The number of hydrogen-bond acceptors (Lipinski definition) is 0. The van der Waals surface area contributed by atoms with Crippen LogP contribution < -0.4 is 0 Å². The van der Waals surface area contributed by atoms with Gasteiger partial charge in [0.2, 0.25) is 0 Å². The van der Waals surface area contributed by atoms with E-state index in [1.165, 1.54) is 0 Å². The fraction of sp³-hybridized carbons (Fsp3) is 0. The number of benzene rings is 7. The molecular formula is C38H26. The molecule has 0 bridgehead atoms. The Hall–Kier alpha value is -4.94. The fourth-order valence-corrected chi connectivity index (χ4v) is 5.42. The lowest BCUT2D eigenvalue weighted by atomic mass is 9.85. The van der Waals surface area contributed by atoms with Crippen molar-refractivity contribution in [3.8, 4) is 44.5 Å². The Bertz CT molecular complexity index is 2100. The molecule has 7 rings (SSSR count). The van der Waals surface area contributed by atoms with Crippen molar-refractivity contribution in [2.45, 2.75) is 0 Å². The Labute approximate surface area is 229 Å². The SMILES string of the molecule is [2H]c1c([2H])c([2H])c2c(-c3cccc(-c4ccccc4)c3)c3ccccc3c(-c3ccc(-c4ccccc4)cc3)c2c1[2H]. The summed E-state index contributed by atoms with van der Waals surface area (Å²) >= 11 is 0. The van der Waals surface area contributed by atoms with Gasteiger partial charge in [0, 0.05) is 0 Å². The Morgan fingerprint density at radius 1 is 0.316 bits per heavy atom. The first kappa shape index (κ1) is 18.3. The molecule has 0 radical (unpaired) electrons. The summed E-state index contributed by atoms with van der Waals surface area (Å²) in [5, 5.41) is 2.96. The highest BCUT2D eigenvalue weighted by Gasteiger charge is 2.16. The molecule has 0 aliphatic carbocycles. The molecule has 0 aliphatic rings. The first-order valence-electron chi connectivity index (χ1n) is 14.8. The highest BCUT2D eigenvalue weighted by Crippen LogP contribution is 2.44. The molecule has 0 N–H and O–H groups in total. The third-order valence-corrected chi connectivity index (χ3v) is 7.19. The second-order valence-electron chi connectivity index (χ2n) is 9.44. The molecule has 0 aliphatic heterocycles. The van der Waals surface area contributed by atoms with Crippen molar-refractivity contribution < 1.29 is 5.48 Å². The minimum atomic E-state index is -0.228. The molecule has 0 heteroatoms. The van der Waals surface area contributed by atoms with Gasteiger partial charge >= 0.3 is 0 Å². The zero-order valence-corrected chi connectivity index (χ0v) is 20.7. The predicted octanol–water partition coefficient (Wildman–Crippen LogP) is 10.7. The monoisotopic (exact) mass is 486 g/mol. The molecule has 0 saturated heterocycles. The molecule has 0 spiro atoms. The zero-order chi connectivity index (χ0) is 28.8. The van der Waals surface area contributed by atoms with Crippen molar-refractivity contribution in [2.75, 3.05) is 0 Å². The van der Waals surface area contributed by atoms with Crippen molar-refractivity contribution in [3.05, 3.63) is 158 Å². The van der Waals surface area contributed by atoms with Crippen molar-refractivity contribution in [2.24, 2.45) is 0 Å². The molecule has 0 heterocycles. The van der Waals surface area contributed by atoms with Gasteiger partial charge in [-0.2, -0.15) is 0 Å². The van der Waals surface area contributed by atoms with Gasteiger partial charge in [0.1, 0.15) is 0 Å². The van der Waals surface area contributed by atoms with E-state index in [1.54, 1.807) is 0 Å². The van der Waals surface area contributed by atoms with E-state index in [0.717, 1.165) is 55.3 Å². The Balaban J connectivity index is 1.57. The van der Waals surface area contributed by atoms with Crippen molar-refractivity contribution >= 4 is 21.5 Å². The third-order valence-electron chi connectivity index (χ3n) is 7.19. The topological polar surface area (TPSA) is 0 Å². The van der Waals surface area contributed by atoms with Crippen LogP contribution in [0.4, 0.5) is 0 Å². The van der Waals surface area contributed by atoms with E-state index in [1.807, 2.05) is 60.7 Å². The molecule has 38 heavy (non-hydrogen) atoms. The molecule has 0 atom stereocenters. The molecule has 0 unspecified atom stereocenters. The van der Waals surface area contributed by atoms with Crippen molar-refractivity contribution in [1.82, 2.24) is 0 Å². The van der Waals surface area contributed by atoms with E-state index in [9.17, 15) is 0 Å². The lowest BCUT2D eigenvalue weighted by molar-refractivity contribution is 1.60. The molecule has 7 aromatic rings. The molecule has 0 saturated carbocycles.